The maximum atomic E-state index is 13.3. The van der Waals surface area contributed by atoms with Crippen molar-refractivity contribution in [3.63, 3.8) is 0 Å². The van der Waals surface area contributed by atoms with E-state index < -0.39 is 18.2 Å². The zero-order valence-electron chi connectivity index (χ0n) is 43.8. The van der Waals surface area contributed by atoms with Gasteiger partial charge in [0.25, 0.3) is 0 Å². The molecule has 0 rings (SSSR count). The van der Waals surface area contributed by atoms with Crippen molar-refractivity contribution in [1.29, 1.82) is 0 Å². The van der Waals surface area contributed by atoms with Gasteiger partial charge < -0.3 is 20.3 Å². The molecule has 3 atom stereocenters. The van der Waals surface area contributed by atoms with Crippen LogP contribution in [0.5, 0.6) is 0 Å². The van der Waals surface area contributed by atoms with Gasteiger partial charge in [-0.1, -0.05) is 261 Å². The molecule has 1 amide bonds. The van der Waals surface area contributed by atoms with Crippen molar-refractivity contribution in [3.8, 4) is 0 Å². The van der Waals surface area contributed by atoms with Crippen LogP contribution in [0.3, 0.4) is 0 Å². The molecule has 0 saturated heterocycles. The summed E-state index contributed by atoms with van der Waals surface area (Å²) in [6.45, 7) is 6.39. The molecule has 0 aliphatic carbocycles. The molecular weight excluding hydrogens is 815 g/mol. The smallest absolute Gasteiger partial charge is 0.306 e. The predicted octanol–water partition coefficient (Wildman–Crippen LogP) is 17.6. The molecule has 0 fully saturated rings. The first kappa shape index (κ1) is 63.6. The Bertz CT molecular complexity index is 1170. The van der Waals surface area contributed by atoms with Crippen LogP contribution >= 0.6 is 0 Å². The monoisotopic (exact) mass is 924 g/mol. The lowest BCUT2D eigenvalue weighted by Gasteiger charge is -2.24. The number of allylic oxidation sites excluding steroid dienone is 10. The van der Waals surface area contributed by atoms with Crippen molar-refractivity contribution < 1.29 is 24.5 Å². The fourth-order valence-electron chi connectivity index (χ4n) is 8.58. The maximum Gasteiger partial charge on any atom is 0.306 e. The van der Waals surface area contributed by atoms with E-state index in [2.05, 4.69) is 86.8 Å². The van der Waals surface area contributed by atoms with Gasteiger partial charge in [0.1, 0.15) is 6.10 Å². The van der Waals surface area contributed by atoms with Gasteiger partial charge in [0.2, 0.25) is 5.91 Å². The number of unbranched alkanes of at least 4 members (excludes halogenated alkanes) is 29. The van der Waals surface area contributed by atoms with E-state index in [1.807, 2.05) is 0 Å². The number of amides is 1. The number of hydrogen-bond acceptors (Lipinski definition) is 5. The number of carbonyl (C=O) groups is 2. The summed E-state index contributed by atoms with van der Waals surface area (Å²) in [5.41, 5.74) is 0. The highest BCUT2D eigenvalue weighted by atomic mass is 16.5. The van der Waals surface area contributed by atoms with Crippen LogP contribution < -0.4 is 5.32 Å². The second-order valence-corrected chi connectivity index (χ2v) is 19.3. The topological polar surface area (TPSA) is 95.9 Å². The number of esters is 1. The van der Waals surface area contributed by atoms with Gasteiger partial charge >= 0.3 is 5.97 Å². The summed E-state index contributed by atoms with van der Waals surface area (Å²) in [7, 11) is 0. The van der Waals surface area contributed by atoms with E-state index in [4.69, 9.17) is 4.74 Å². The molecule has 0 aliphatic rings. The summed E-state index contributed by atoms with van der Waals surface area (Å²) in [6, 6.07) is -0.708. The molecule has 6 nitrogen and oxygen atoms in total. The summed E-state index contributed by atoms with van der Waals surface area (Å²) in [5, 5.41) is 23.8. The van der Waals surface area contributed by atoms with E-state index in [1.54, 1.807) is 0 Å². The zero-order valence-corrected chi connectivity index (χ0v) is 43.8. The van der Waals surface area contributed by atoms with Crippen molar-refractivity contribution in [2.24, 2.45) is 0 Å². The molecule has 0 radical (unpaired) electrons. The van der Waals surface area contributed by atoms with Crippen LogP contribution in [0.2, 0.25) is 0 Å². The standard InChI is InChI=1S/C60H109NO5/c1-4-7-10-13-16-19-22-25-27-29-30-31-33-35-38-41-44-47-50-53-60(65)66-56(51-48-45-42-39-36-34-32-28-26-23-20-17-14-11-8-5-2)54-59(64)61-57(55-62)58(63)52-49-46-43-40-37-24-21-18-15-12-9-6-3/h7,10,16,19,25,27,30-31,35,38,56-58,62-63H,4-6,8-9,11-15,17-18,20-24,26,28-29,32-34,36-37,39-55H2,1-3H3,(H,61,64)/b10-7-,19-16-,27-25-,31-30-,38-35-. The Balaban J connectivity index is 4.61. The van der Waals surface area contributed by atoms with Crippen molar-refractivity contribution in [3.05, 3.63) is 60.8 Å². The van der Waals surface area contributed by atoms with E-state index in [-0.39, 0.29) is 24.9 Å². The normalized spacial score (nSPS) is 13.6. The fraction of sp³-hybridized carbons (Fsp3) is 0.800. The van der Waals surface area contributed by atoms with Crippen LogP contribution in [0.15, 0.2) is 60.8 Å². The SMILES string of the molecule is CC/C=C\C/C=C\C/C=C\C/C=C\C/C=C\CCCCCC(=O)OC(CCCCCCCCCCCCCCCCCC)CC(=O)NC(CO)C(O)CCCCCCCCCCCCCC. The first-order valence-electron chi connectivity index (χ1n) is 28.5. The Morgan fingerprint density at radius 3 is 1.23 bits per heavy atom. The highest BCUT2D eigenvalue weighted by molar-refractivity contribution is 5.77. The third-order valence-electron chi connectivity index (χ3n) is 12.9. The van der Waals surface area contributed by atoms with Crippen LogP contribution in [0, 0.1) is 0 Å². The third-order valence-corrected chi connectivity index (χ3v) is 12.9. The average Bonchev–Trinajstić information content (AvgIpc) is 3.31. The predicted molar refractivity (Wildman–Crippen MR) is 287 cm³/mol. The molecule has 3 unspecified atom stereocenters. The molecule has 384 valence electrons. The molecule has 0 aromatic carbocycles. The molecule has 0 spiro atoms. The number of rotatable bonds is 51. The van der Waals surface area contributed by atoms with Gasteiger partial charge in [0.05, 0.1) is 25.2 Å². The molecular formula is C60H109NO5. The lowest BCUT2D eigenvalue weighted by Crippen LogP contribution is -2.46. The summed E-state index contributed by atoms with van der Waals surface area (Å²) in [4.78, 5) is 26.3. The minimum absolute atomic E-state index is 0.0658. The summed E-state index contributed by atoms with van der Waals surface area (Å²) in [5.74, 6) is -0.501. The first-order valence-corrected chi connectivity index (χ1v) is 28.5. The summed E-state index contributed by atoms with van der Waals surface area (Å²) in [6.07, 6.45) is 67.1. The summed E-state index contributed by atoms with van der Waals surface area (Å²) < 4.78 is 5.95. The van der Waals surface area contributed by atoms with Crippen molar-refractivity contribution >= 4 is 11.9 Å². The molecule has 0 aliphatic heterocycles. The average molecular weight is 925 g/mol. The van der Waals surface area contributed by atoms with Gasteiger partial charge in [-0.25, -0.2) is 0 Å². The molecule has 66 heavy (non-hydrogen) atoms. The number of aliphatic hydroxyl groups is 2. The Morgan fingerprint density at radius 2 is 0.818 bits per heavy atom. The van der Waals surface area contributed by atoms with Crippen molar-refractivity contribution in [2.75, 3.05) is 6.61 Å². The number of carbonyl (C=O) groups excluding carboxylic acids is 2. The van der Waals surface area contributed by atoms with Gasteiger partial charge in [-0.2, -0.15) is 0 Å². The molecule has 0 saturated carbocycles. The Labute approximate surface area is 409 Å². The van der Waals surface area contributed by atoms with E-state index in [0.29, 0.717) is 19.3 Å². The van der Waals surface area contributed by atoms with Crippen LogP contribution in [0.1, 0.15) is 284 Å². The van der Waals surface area contributed by atoms with E-state index in [0.717, 1.165) is 89.9 Å². The van der Waals surface area contributed by atoms with Crippen LogP contribution in [0.4, 0.5) is 0 Å². The lowest BCUT2D eigenvalue weighted by atomic mass is 10.0. The molecule has 0 heterocycles. The third kappa shape index (κ3) is 48.0. The van der Waals surface area contributed by atoms with Gasteiger partial charge in [0, 0.05) is 6.42 Å². The van der Waals surface area contributed by atoms with Gasteiger partial charge in [-0.15, -0.1) is 0 Å². The highest BCUT2D eigenvalue weighted by Crippen LogP contribution is 2.18. The van der Waals surface area contributed by atoms with E-state index in [9.17, 15) is 19.8 Å². The minimum atomic E-state index is -0.794. The molecule has 0 bridgehead atoms. The number of hydrogen-bond donors (Lipinski definition) is 3. The minimum Gasteiger partial charge on any atom is -0.462 e. The Kier molecular flexibility index (Phi) is 51.5. The van der Waals surface area contributed by atoms with Crippen LogP contribution in [-0.2, 0) is 14.3 Å². The number of nitrogens with one attached hydrogen (secondary N) is 1. The van der Waals surface area contributed by atoms with Crippen LogP contribution in [-0.4, -0.2) is 46.9 Å². The molecule has 0 aromatic rings. The van der Waals surface area contributed by atoms with Gasteiger partial charge in [-0.3, -0.25) is 9.59 Å². The Morgan fingerprint density at radius 1 is 0.455 bits per heavy atom. The zero-order chi connectivity index (χ0) is 48.1. The van der Waals surface area contributed by atoms with E-state index >= 15 is 0 Å². The van der Waals surface area contributed by atoms with Gasteiger partial charge in [-0.05, 0) is 70.6 Å². The van der Waals surface area contributed by atoms with Crippen molar-refractivity contribution in [1.82, 2.24) is 5.32 Å². The fourth-order valence-corrected chi connectivity index (χ4v) is 8.58. The summed E-state index contributed by atoms with van der Waals surface area (Å²) >= 11 is 0. The molecule has 0 aromatic heterocycles. The second kappa shape index (κ2) is 53.5. The largest absolute Gasteiger partial charge is 0.462 e. The molecule has 3 N–H and O–H groups in total. The van der Waals surface area contributed by atoms with Crippen LogP contribution in [0.25, 0.3) is 0 Å². The van der Waals surface area contributed by atoms with Crippen molar-refractivity contribution in [2.45, 2.75) is 302 Å². The number of aliphatic hydroxyl groups excluding tert-OH is 2. The highest BCUT2D eigenvalue weighted by Gasteiger charge is 2.24. The second-order valence-electron chi connectivity index (χ2n) is 19.3. The quantitative estimate of drug-likeness (QED) is 0.0321. The molecule has 6 heteroatoms. The van der Waals surface area contributed by atoms with E-state index in [1.165, 1.54) is 148 Å². The Hall–Kier alpha value is -2.44. The number of ether oxygens (including phenoxy) is 1. The first-order chi connectivity index (χ1) is 32.5. The lowest BCUT2D eigenvalue weighted by molar-refractivity contribution is -0.151. The maximum absolute atomic E-state index is 13.3. The van der Waals surface area contributed by atoms with Gasteiger partial charge in [0.15, 0.2) is 0 Å².